The van der Waals surface area contributed by atoms with Gasteiger partial charge in [0.15, 0.2) is 35.5 Å². The number of amides is 5. The van der Waals surface area contributed by atoms with Gasteiger partial charge in [0.25, 0.3) is 0 Å². The second-order valence-corrected chi connectivity index (χ2v) is 34.5. The standard InChI is InChI=1S/C83H110Cl2N7O25P/c1-7-9-10-11-12-13-14-15-24-87-25-16-23-83(6)36-65(112-42(5)77(83)104)116-76-74(103)73(102)63(39-93)115-82(76)117-75-61-32-47-33-62(75)114-60-22-19-46(29-54(60)85)71(100)69-81(108)89-37-49-31-56(95)52(38-88-40-118(109,110)111)72(101)66(49)51-27-44(17-20-55(51)94)50(80(107)92-69)35-58(97)67(47)90-79(106)48(34-64(86)98)30-57(96)68(91-78(105)43(8-2)26-41(3)4)70(99)45-18-21-59(113-61)53(84)28-45/h17-22,27-29,31-33,41-43,48,50,63,65,67-71,73-74,76-77,82,87-88,93-95,99-104H,7-16,23-26,30,34-40H2,1-6H3,(H2,86,98)(H,89,108)(H,90,106)(H,91,105)(H,92,107)(H2,109,110,111)/t42?,43-,48+,50-,63?,65?,67-,68+,69+,70-,71-,73?,74?,76?,77?,82?,83?/m1/s1. The summed E-state index contributed by atoms with van der Waals surface area (Å²) in [6.07, 6.45) is -9.24. The number of carbonyl (C=O) groups excluding carboxylic acids is 7. The van der Waals surface area contributed by atoms with Crippen molar-refractivity contribution in [1.82, 2.24) is 31.9 Å². The van der Waals surface area contributed by atoms with Crippen molar-refractivity contribution in [3.8, 4) is 57.1 Å². The molecule has 2 saturated heterocycles. The number of halogens is 2. The summed E-state index contributed by atoms with van der Waals surface area (Å²) < 4.78 is 51.8. The lowest BCUT2D eigenvalue weighted by Crippen LogP contribution is -2.62. The molecule has 17 atom stereocenters. The molecule has 12 rings (SSSR count). The van der Waals surface area contributed by atoms with Crippen molar-refractivity contribution >= 4 is 71.9 Å². The first-order chi connectivity index (χ1) is 56.0. The number of aliphatic hydroxyl groups excluding tert-OH is 6. The number of nitrogens with one attached hydrogen (secondary N) is 6. The van der Waals surface area contributed by atoms with Crippen molar-refractivity contribution in [3.63, 3.8) is 0 Å². The molecule has 646 valence electrons. The van der Waals surface area contributed by atoms with Gasteiger partial charge in [-0.2, -0.15) is 0 Å². The zero-order valence-corrected chi connectivity index (χ0v) is 69.1. The SMILES string of the molecule is CCCCCCCCCCNCCCC1(C)CC(OC2C(Oc3c4cc5cc3Oc3ccc(cc3Cl)[C@@H](O)[C@@H](NC(=O)[C@H](CC)CC(C)C)C(=O)C[C@@H](CC(N)=O)C(=O)N[C@H]5C(=O)C[C@H]3C(=O)N[C@H](C(=O)NCc5cc(O)c(CNCP(=O)(O)O)c(O)c5-c5cc3ccc5O)[C@H](O)c3ccc(c(Cl)c3)O4)OC(CO)C(O)C2O)OC(C)C1O. The van der Waals surface area contributed by atoms with E-state index in [0.29, 0.717) is 32.2 Å². The third kappa shape index (κ3) is 22.7. The smallest absolute Gasteiger partial charge is 0.339 e. The monoisotopic (exact) mass is 1710 g/mol. The van der Waals surface area contributed by atoms with Crippen molar-refractivity contribution < 1.29 is 122 Å². The van der Waals surface area contributed by atoms with Crippen molar-refractivity contribution in [3.05, 3.63) is 116 Å². The molecule has 0 aliphatic carbocycles. The van der Waals surface area contributed by atoms with Gasteiger partial charge in [-0.05, 0) is 140 Å². The normalized spacial score (nSPS) is 26.6. The van der Waals surface area contributed by atoms with Gasteiger partial charge in [-0.1, -0.05) is 121 Å². The van der Waals surface area contributed by atoms with Crippen molar-refractivity contribution in [2.45, 2.75) is 243 Å². The van der Waals surface area contributed by atoms with Gasteiger partial charge in [0, 0.05) is 61.2 Å². The number of hydrogen-bond donors (Lipinski definition) is 18. The highest BCUT2D eigenvalue weighted by atomic mass is 35.5. The van der Waals surface area contributed by atoms with Gasteiger partial charge in [-0.3, -0.25) is 38.1 Å². The van der Waals surface area contributed by atoms with Crippen LogP contribution in [0.4, 0.5) is 0 Å². The second kappa shape index (κ2) is 41.0. The minimum atomic E-state index is -4.73. The van der Waals surface area contributed by atoms with E-state index < -0.39 is 231 Å². The summed E-state index contributed by atoms with van der Waals surface area (Å²) >= 11 is 14.4. The number of aliphatic hydroxyl groups is 6. The molecule has 0 aromatic heterocycles. The van der Waals surface area contributed by atoms with Crippen molar-refractivity contribution in [1.29, 1.82) is 0 Å². The van der Waals surface area contributed by atoms with Gasteiger partial charge in [-0.15, -0.1) is 0 Å². The Morgan fingerprint density at radius 2 is 1.36 bits per heavy atom. The number of phenols is 3. The number of unbranched alkanes of at least 4 members (excludes halogenated alkanes) is 7. The van der Waals surface area contributed by atoms with Crippen molar-refractivity contribution in [2.24, 2.45) is 28.9 Å². The van der Waals surface area contributed by atoms with E-state index in [-0.39, 0.29) is 78.4 Å². The third-order valence-corrected chi connectivity index (χ3v) is 23.8. The van der Waals surface area contributed by atoms with Gasteiger partial charge in [0.2, 0.25) is 41.6 Å². The van der Waals surface area contributed by atoms with Gasteiger partial charge < -0.3 is 122 Å². The summed E-state index contributed by atoms with van der Waals surface area (Å²) in [6, 6.07) is 8.15. The fourth-order valence-corrected chi connectivity index (χ4v) is 16.8. The molecule has 19 N–H and O–H groups in total. The molecule has 5 aromatic rings. The van der Waals surface area contributed by atoms with E-state index in [0.717, 1.165) is 50.1 Å². The van der Waals surface area contributed by atoms with E-state index in [9.17, 15) is 74.7 Å². The van der Waals surface area contributed by atoms with Gasteiger partial charge in [0.05, 0.1) is 52.5 Å². The van der Waals surface area contributed by atoms with Gasteiger partial charge in [0.1, 0.15) is 77.4 Å². The summed E-state index contributed by atoms with van der Waals surface area (Å²) in [7, 11) is -4.73. The fraction of sp³-hybridized carbons (Fsp3) is 0.554. The molecular formula is C83H110Cl2N7O25P. The summed E-state index contributed by atoms with van der Waals surface area (Å²) in [5, 5.41) is 123. The molecule has 0 radical (unpaired) electrons. The molecule has 7 heterocycles. The van der Waals surface area contributed by atoms with Gasteiger partial charge in [-0.25, -0.2) is 0 Å². The molecule has 7 aliphatic rings. The zero-order chi connectivity index (χ0) is 85.8. The molecule has 32 nitrogen and oxygen atoms in total. The molecule has 5 aromatic carbocycles. The number of hydrogen-bond acceptors (Lipinski definition) is 25. The van der Waals surface area contributed by atoms with Crippen LogP contribution in [0.1, 0.15) is 202 Å². The maximum Gasteiger partial charge on any atom is 0.339 e. The Bertz CT molecular complexity index is 4480. The Balaban J connectivity index is 1.15. The molecular weight excluding hydrogens is 1600 g/mol. The minimum absolute atomic E-state index is 0.0174. The molecule has 118 heavy (non-hydrogen) atoms. The Hall–Kier alpha value is -8.12. The van der Waals surface area contributed by atoms with Crippen LogP contribution >= 0.6 is 30.8 Å². The highest BCUT2D eigenvalue weighted by molar-refractivity contribution is 7.51. The van der Waals surface area contributed by atoms with E-state index in [1.54, 1.807) is 13.8 Å². The van der Waals surface area contributed by atoms with E-state index in [2.05, 4.69) is 38.8 Å². The fourth-order valence-electron chi connectivity index (χ4n) is 16.0. The number of phenolic OH excluding ortho intramolecular Hbond substituents is 3. The number of benzene rings is 5. The van der Waals surface area contributed by atoms with Crippen LogP contribution in [0.2, 0.25) is 10.0 Å². The first kappa shape index (κ1) is 92.2. The number of carbonyl (C=O) groups is 7. The summed E-state index contributed by atoms with van der Waals surface area (Å²) in [6.45, 7) is 10.5. The predicted octanol–water partition coefficient (Wildman–Crippen LogP) is 7.92. The maximum atomic E-state index is 16.4. The van der Waals surface area contributed by atoms with Crippen LogP contribution in [0.3, 0.4) is 0 Å². The summed E-state index contributed by atoms with van der Waals surface area (Å²) in [5.41, 5.74) is 3.15. The largest absolute Gasteiger partial charge is 0.507 e. The zero-order valence-electron chi connectivity index (χ0n) is 66.7. The van der Waals surface area contributed by atoms with E-state index in [4.69, 9.17) is 57.4 Å². The highest BCUT2D eigenvalue weighted by Gasteiger charge is 2.52. The highest BCUT2D eigenvalue weighted by Crippen LogP contribution is 2.51. The Kier molecular flexibility index (Phi) is 32.0. The Labute approximate surface area is 693 Å². The lowest BCUT2D eigenvalue weighted by molar-refractivity contribution is -0.339. The number of ether oxygens (including phenoxy) is 6. The number of nitrogens with two attached hydrogens (primary N) is 1. The topological polar surface area (TPSA) is 513 Å². The molecule has 0 spiro atoms. The van der Waals surface area contributed by atoms with Crippen LogP contribution < -0.4 is 51.8 Å². The maximum absolute atomic E-state index is 16.4. The lowest BCUT2D eigenvalue weighted by atomic mass is 9.73. The molecule has 5 amide bonds. The molecule has 2 fully saturated rings. The number of ketones is 2. The van der Waals surface area contributed by atoms with E-state index >= 15 is 19.2 Å². The van der Waals surface area contributed by atoms with Crippen LogP contribution in [0.5, 0.6) is 46.0 Å². The van der Waals surface area contributed by atoms with Crippen LogP contribution in [0.15, 0.2) is 72.8 Å². The minimum Gasteiger partial charge on any atom is -0.507 e. The first-order valence-electron chi connectivity index (χ1n) is 40.2. The number of fused-ring (bicyclic) bond motifs is 15. The third-order valence-electron chi connectivity index (χ3n) is 22.5. The average Bonchev–Trinajstić information content (AvgIpc) is 0.767. The van der Waals surface area contributed by atoms with Crippen LogP contribution in [0, 0.1) is 23.2 Å². The lowest BCUT2D eigenvalue weighted by Gasteiger charge is -2.48. The number of Topliss-reactive ketones (excluding diaryl/α,β-unsaturated/α-hetero) is 2. The molecule has 35 heteroatoms. The van der Waals surface area contributed by atoms with E-state index in [1.807, 2.05) is 20.8 Å². The number of rotatable bonds is 29. The van der Waals surface area contributed by atoms with E-state index in [1.165, 1.54) is 80.6 Å². The Morgan fingerprint density at radius 1 is 0.720 bits per heavy atom. The van der Waals surface area contributed by atoms with Crippen LogP contribution in [-0.2, 0) is 65.4 Å². The summed E-state index contributed by atoms with van der Waals surface area (Å²) in [5.74, 6) is -16.3. The average molecular weight is 1710 g/mol. The first-order valence-corrected chi connectivity index (χ1v) is 42.7. The van der Waals surface area contributed by atoms with Crippen molar-refractivity contribution in [2.75, 3.05) is 26.0 Å². The molecule has 9 unspecified atom stereocenters. The van der Waals surface area contributed by atoms with Crippen LogP contribution in [0.25, 0.3) is 11.1 Å². The van der Waals surface area contributed by atoms with Gasteiger partial charge >= 0.3 is 7.60 Å². The Morgan fingerprint density at radius 3 is 1.97 bits per heavy atom. The number of aromatic hydroxyl groups is 3. The predicted molar refractivity (Wildman–Crippen MR) is 430 cm³/mol. The quantitative estimate of drug-likeness (QED) is 0.0160. The van der Waals surface area contributed by atoms with Crippen LogP contribution in [-0.4, -0.2) is 184 Å². The summed E-state index contributed by atoms with van der Waals surface area (Å²) in [4.78, 5) is 125. The molecule has 11 bridgehead atoms. The number of primary amides is 1. The molecule has 0 saturated carbocycles. The second-order valence-electron chi connectivity index (χ2n) is 32.1. The molecule has 7 aliphatic heterocycles.